The Morgan fingerprint density at radius 2 is 1.90 bits per heavy atom. The normalized spacial score (nSPS) is 11.8. The van der Waals surface area contributed by atoms with Crippen LogP contribution in [-0.4, -0.2) is 37.0 Å². The molecule has 0 aliphatic heterocycles. The second-order valence-corrected chi connectivity index (χ2v) is 6.97. The van der Waals surface area contributed by atoms with Crippen LogP contribution in [0.2, 0.25) is 0 Å². The Kier molecular flexibility index (Phi) is 5.76. The number of nitrogens with one attached hydrogen (secondary N) is 1. The van der Waals surface area contributed by atoms with Gasteiger partial charge in [0, 0.05) is 27.9 Å². The van der Waals surface area contributed by atoms with Crippen LogP contribution < -0.4 is 5.73 Å². The number of hydrogen-bond donors (Lipinski definition) is 3. The molecular formula is C22H17BrN6O2. The van der Waals surface area contributed by atoms with Crippen molar-refractivity contribution in [1.82, 2.24) is 19.7 Å². The van der Waals surface area contributed by atoms with Crippen molar-refractivity contribution < 1.29 is 9.90 Å². The number of hydrogen-bond acceptors (Lipinski definition) is 5. The quantitative estimate of drug-likeness (QED) is 0.353. The number of rotatable bonds is 6. The van der Waals surface area contributed by atoms with E-state index in [1.807, 2.05) is 42.5 Å². The van der Waals surface area contributed by atoms with E-state index >= 15 is 0 Å². The fourth-order valence-electron chi connectivity index (χ4n) is 2.98. The van der Waals surface area contributed by atoms with Crippen molar-refractivity contribution >= 4 is 39.8 Å². The van der Waals surface area contributed by atoms with E-state index in [0.29, 0.717) is 17.3 Å². The number of aromatic amines is 1. The summed E-state index contributed by atoms with van der Waals surface area (Å²) >= 11 is 3.22. The monoisotopic (exact) mass is 476 g/mol. The molecule has 0 saturated carbocycles. The molecule has 31 heavy (non-hydrogen) atoms. The van der Waals surface area contributed by atoms with Crippen LogP contribution in [-0.2, 0) is 0 Å². The van der Waals surface area contributed by atoms with Crippen LogP contribution in [0.25, 0.3) is 28.2 Å². The molecule has 0 aliphatic rings. The average molecular weight is 477 g/mol. The molecule has 0 fully saturated rings. The van der Waals surface area contributed by atoms with Crippen molar-refractivity contribution in [3.8, 4) is 22.4 Å². The van der Waals surface area contributed by atoms with Gasteiger partial charge in [0.05, 0.1) is 23.8 Å². The van der Waals surface area contributed by atoms with E-state index in [9.17, 15) is 4.79 Å². The summed E-state index contributed by atoms with van der Waals surface area (Å²) < 4.78 is 1.48. The molecule has 0 saturated heterocycles. The molecule has 0 unspecified atom stereocenters. The summed E-state index contributed by atoms with van der Waals surface area (Å²) in [7, 11) is 0. The van der Waals surface area contributed by atoms with Gasteiger partial charge in [0.25, 0.3) is 0 Å². The zero-order chi connectivity index (χ0) is 21.8. The number of H-pyrrole nitrogens is 1. The Morgan fingerprint density at radius 3 is 2.55 bits per heavy atom. The van der Waals surface area contributed by atoms with E-state index in [-0.39, 0.29) is 5.69 Å². The third-order valence-corrected chi connectivity index (χ3v) is 4.98. The number of nitrogens with zero attached hydrogens (tertiary/aromatic N) is 4. The number of aromatic carboxylic acids is 1. The van der Waals surface area contributed by atoms with Crippen molar-refractivity contribution in [2.75, 3.05) is 0 Å². The third kappa shape index (κ3) is 4.31. The minimum atomic E-state index is -1.04. The molecular weight excluding hydrogens is 460 g/mol. The Balaban J connectivity index is 1.72. The fraction of sp³-hybridized carbons (Fsp3) is 0. The summed E-state index contributed by atoms with van der Waals surface area (Å²) in [6.07, 6.45) is 4.94. The smallest absolute Gasteiger partial charge is 0.352 e. The SMILES string of the molecule is N/C(=C\Br)n1ncc(-c2ccc(-c3ccccc3)nc2)c1/N=C/c1ccc(C(=O)O)[nH]1. The number of carbonyl (C=O) groups is 1. The van der Waals surface area contributed by atoms with Crippen LogP contribution in [0.4, 0.5) is 5.82 Å². The summed E-state index contributed by atoms with van der Waals surface area (Å²) in [5, 5.41) is 13.4. The van der Waals surface area contributed by atoms with Gasteiger partial charge in [0.15, 0.2) is 5.82 Å². The summed E-state index contributed by atoms with van der Waals surface area (Å²) in [4.78, 5) is 24.5. The van der Waals surface area contributed by atoms with Crippen molar-refractivity contribution in [3.63, 3.8) is 0 Å². The zero-order valence-corrected chi connectivity index (χ0v) is 17.7. The van der Waals surface area contributed by atoms with Crippen molar-refractivity contribution in [1.29, 1.82) is 0 Å². The number of aromatic nitrogens is 4. The molecule has 0 amide bonds. The zero-order valence-electron chi connectivity index (χ0n) is 16.1. The second-order valence-electron chi connectivity index (χ2n) is 6.52. The maximum absolute atomic E-state index is 11.1. The molecule has 154 valence electrons. The molecule has 4 N–H and O–H groups in total. The first-order chi connectivity index (χ1) is 15.1. The van der Waals surface area contributed by atoms with Gasteiger partial charge in [-0.05, 0) is 18.2 Å². The van der Waals surface area contributed by atoms with Gasteiger partial charge in [0.2, 0.25) is 0 Å². The lowest BCUT2D eigenvalue weighted by molar-refractivity contribution is 0.0691. The van der Waals surface area contributed by atoms with Gasteiger partial charge in [0.1, 0.15) is 11.5 Å². The van der Waals surface area contributed by atoms with E-state index in [4.69, 9.17) is 10.8 Å². The van der Waals surface area contributed by atoms with Gasteiger partial charge in [-0.1, -0.05) is 52.3 Å². The number of pyridine rings is 1. The van der Waals surface area contributed by atoms with E-state index < -0.39 is 5.97 Å². The van der Waals surface area contributed by atoms with Gasteiger partial charge in [-0.3, -0.25) is 4.98 Å². The van der Waals surface area contributed by atoms with Gasteiger partial charge in [-0.15, -0.1) is 0 Å². The van der Waals surface area contributed by atoms with E-state index in [1.165, 1.54) is 21.9 Å². The standard InChI is InChI=1S/C22H17BrN6O2/c23-10-20(24)29-21(26-12-16-7-9-19(28-16)22(30)31)17(13-27-29)15-6-8-18(25-11-15)14-4-2-1-3-5-14/h1-13,28H,24H2,(H,30,31)/b20-10+,26-12+. The predicted octanol–water partition coefficient (Wildman–Crippen LogP) is 4.50. The number of aliphatic imine (C=N–C) groups is 1. The Labute approximate surface area is 185 Å². The summed E-state index contributed by atoms with van der Waals surface area (Å²) in [6, 6.07) is 16.9. The summed E-state index contributed by atoms with van der Waals surface area (Å²) in [5.41, 5.74) is 10.1. The van der Waals surface area contributed by atoms with Gasteiger partial charge < -0.3 is 15.8 Å². The second kappa shape index (κ2) is 8.80. The predicted molar refractivity (Wildman–Crippen MR) is 123 cm³/mol. The van der Waals surface area contributed by atoms with Gasteiger partial charge >= 0.3 is 5.97 Å². The minimum Gasteiger partial charge on any atom is -0.477 e. The number of nitrogens with two attached hydrogens (primary N) is 1. The van der Waals surface area contributed by atoms with Crippen LogP contribution in [0.15, 0.2) is 77.0 Å². The first kappa shape index (κ1) is 20.3. The topological polar surface area (TPSA) is 122 Å². The molecule has 0 spiro atoms. The number of carboxylic acids is 1. The molecule has 9 heteroatoms. The van der Waals surface area contributed by atoms with E-state index in [1.54, 1.807) is 18.5 Å². The molecule has 0 aliphatic carbocycles. The minimum absolute atomic E-state index is 0.0794. The van der Waals surface area contributed by atoms with Crippen molar-refractivity contribution in [2.45, 2.75) is 0 Å². The molecule has 0 bridgehead atoms. The molecule has 0 radical (unpaired) electrons. The molecule has 1 aromatic carbocycles. The lowest BCUT2D eigenvalue weighted by Gasteiger charge is -2.06. The Hall–Kier alpha value is -3.98. The largest absolute Gasteiger partial charge is 0.477 e. The first-order valence-corrected chi connectivity index (χ1v) is 10.1. The van der Waals surface area contributed by atoms with Gasteiger partial charge in [-0.25, -0.2) is 9.79 Å². The van der Waals surface area contributed by atoms with E-state index in [2.05, 4.69) is 36.0 Å². The highest BCUT2D eigenvalue weighted by Gasteiger charge is 2.14. The average Bonchev–Trinajstić information content (AvgIpc) is 3.45. The third-order valence-electron chi connectivity index (χ3n) is 4.51. The lowest BCUT2D eigenvalue weighted by atomic mass is 10.1. The summed E-state index contributed by atoms with van der Waals surface area (Å²) in [5.74, 6) is -0.222. The van der Waals surface area contributed by atoms with Crippen LogP contribution in [0.5, 0.6) is 0 Å². The molecule has 3 heterocycles. The summed E-state index contributed by atoms with van der Waals surface area (Å²) in [6.45, 7) is 0. The Morgan fingerprint density at radius 1 is 1.10 bits per heavy atom. The number of halogens is 1. The lowest BCUT2D eigenvalue weighted by Crippen LogP contribution is -2.06. The highest BCUT2D eigenvalue weighted by molar-refractivity contribution is 9.11. The van der Waals surface area contributed by atoms with Crippen LogP contribution in [0, 0.1) is 0 Å². The maximum Gasteiger partial charge on any atom is 0.352 e. The molecule has 8 nitrogen and oxygen atoms in total. The molecule has 4 aromatic rings. The maximum atomic E-state index is 11.1. The number of carboxylic acid groups (broad SMARTS) is 1. The molecule has 3 aromatic heterocycles. The van der Waals surface area contributed by atoms with Gasteiger partial charge in [-0.2, -0.15) is 9.78 Å². The van der Waals surface area contributed by atoms with Crippen LogP contribution in [0.3, 0.4) is 0 Å². The first-order valence-electron chi connectivity index (χ1n) is 9.19. The highest BCUT2D eigenvalue weighted by Crippen LogP contribution is 2.32. The fourth-order valence-corrected chi connectivity index (χ4v) is 3.17. The number of benzene rings is 1. The van der Waals surface area contributed by atoms with Crippen LogP contribution >= 0.6 is 15.9 Å². The highest BCUT2D eigenvalue weighted by atomic mass is 79.9. The Bertz CT molecular complexity index is 1270. The van der Waals surface area contributed by atoms with Crippen LogP contribution in [0.1, 0.15) is 16.2 Å². The van der Waals surface area contributed by atoms with E-state index in [0.717, 1.165) is 22.4 Å². The van der Waals surface area contributed by atoms with Crippen molar-refractivity contribution in [3.05, 3.63) is 83.4 Å². The van der Waals surface area contributed by atoms with Crippen molar-refractivity contribution in [2.24, 2.45) is 10.7 Å². The molecule has 0 atom stereocenters. The molecule has 4 rings (SSSR count).